The van der Waals surface area contributed by atoms with Gasteiger partial charge in [-0.15, -0.1) is 11.8 Å². The van der Waals surface area contributed by atoms with Crippen LogP contribution in [0.5, 0.6) is 0 Å². The average Bonchev–Trinajstić information content (AvgIpc) is 2.93. The molecule has 104 valence electrons. The Hall–Kier alpha value is -1.50. The largest absolute Gasteiger partial charge is 0.480 e. The van der Waals surface area contributed by atoms with Crippen LogP contribution in [-0.4, -0.2) is 48.6 Å². The Kier molecular flexibility index (Phi) is 3.84. The summed E-state index contributed by atoms with van der Waals surface area (Å²) in [7, 11) is 1.73. The standard InChI is InChI=1S/C12H17N3O3S/c1-7(2)11-15(9(5-19-11)12(17)18)10(16)8-4-13-6-14(8)3/h4,6-7,9,11H,5H2,1-3H3,(H,17,18). The summed E-state index contributed by atoms with van der Waals surface area (Å²) in [6.45, 7) is 3.98. The van der Waals surface area contributed by atoms with Crippen LogP contribution in [0.4, 0.5) is 0 Å². The molecular weight excluding hydrogens is 266 g/mol. The van der Waals surface area contributed by atoms with E-state index >= 15 is 0 Å². The Labute approximate surface area is 115 Å². The third-order valence-corrected chi connectivity index (χ3v) is 4.78. The van der Waals surface area contributed by atoms with Crippen molar-refractivity contribution >= 4 is 23.6 Å². The molecular formula is C12H17N3O3S. The summed E-state index contributed by atoms with van der Waals surface area (Å²) >= 11 is 1.52. The van der Waals surface area contributed by atoms with Gasteiger partial charge in [0.05, 0.1) is 17.9 Å². The minimum Gasteiger partial charge on any atom is -0.480 e. The fourth-order valence-electron chi connectivity index (χ4n) is 2.18. The number of rotatable bonds is 3. The fourth-order valence-corrected chi connectivity index (χ4v) is 3.66. The van der Waals surface area contributed by atoms with Crippen molar-refractivity contribution in [3.63, 3.8) is 0 Å². The van der Waals surface area contributed by atoms with Crippen LogP contribution in [0.2, 0.25) is 0 Å². The van der Waals surface area contributed by atoms with Crippen LogP contribution in [0.3, 0.4) is 0 Å². The molecule has 0 bridgehead atoms. The minimum atomic E-state index is -0.953. The van der Waals surface area contributed by atoms with Crippen LogP contribution in [-0.2, 0) is 11.8 Å². The topological polar surface area (TPSA) is 75.4 Å². The lowest BCUT2D eigenvalue weighted by molar-refractivity contribution is -0.141. The Balaban J connectivity index is 2.34. The molecule has 19 heavy (non-hydrogen) atoms. The maximum atomic E-state index is 12.5. The molecule has 0 aliphatic carbocycles. The highest BCUT2D eigenvalue weighted by molar-refractivity contribution is 8.00. The molecule has 2 unspecified atom stereocenters. The van der Waals surface area contributed by atoms with Crippen LogP contribution in [0.15, 0.2) is 12.5 Å². The van der Waals surface area contributed by atoms with E-state index in [-0.39, 0.29) is 17.2 Å². The zero-order chi connectivity index (χ0) is 14.2. The highest BCUT2D eigenvalue weighted by Gasteiger charge is 2.43. The SMILES string of the molecule is CC(C)C1SCC(C(=O)O)N1C(=O)c1cncn1C. The molecule has 1 N–H and O–H groups in total. The molecule has 0 spiro atoms. The Morgan fingerprint density at radius 1 is 1.53 bits per heavy atom. The van der Waals surface area contributed by atoms with Gasteiger partial charge in [0.15, 0.2) is 0 Å². The zero-order valence-electron chi connectivity index (χ0n) is 11.1. The molecule has 1 aliphatic rings. The lowest BCUT2D eigenvalue weighted by Gasteiger charge is -2.29. The van der Waals surface area contributed by atoms with Crippen molar-refractivity contribution in [2.24, 2.45) is 13.0 Å². The van der Waals surface area contributed by atoms with Crippen molar-refractivity contribution in [2.45, 2.75) is 25.3 Å². The summed E-state index contributed by atoms with van der Waals surface area (Å²) in [5.41, 5.74) is 0.416. The van der Waals surface area contributed by atoms with E-state index in [9.17, 15) is 14.7 Å². The molecule has 0 aromatic carbocycles. The third-order valence-electron chi connectivity index (χ3n) is 3.16. The molecule has 1 aliphatic heterocycles. The number of thioether (sulfide) groups is 1. The normalized spacial score (nSPS) is 23.1. The van der Waals surface area contributed by atoms with Crippen molar-refractivity contribution in [1.29, 1.82) is 0 Å². The van der Waals surface area contributed by atoms with Crippen LogP contribution in [0.25, 0.3) is 0 Å². The van der Waals surface area contributed by atoms with E-state index in [1.54, 1.807) is 11.6 Å². The second-order valence-corrected chi connectivity index (χ2v) is 6.07. The molecule has 0 saturated carbocycles. The van der Waals surface area contributed by atoms with E-state index in [0.29, 0.717) is 11.4 Å². The van der Waals surface area contributed by atoms with Gasteiger partial charge >= 0.3 is 5.97 Å². The van der Waals surface area contributed by atoms with Crippen molar-refractivity contribution in [2.75, 3.05) is 5.75 Å². The second kappa shape index (κ2) is 5.24. The summed E-state index contributed by atoms with van der Waals surface area (Å²) in [6, 6.07) is -0.764. The molecule has 2 heterocycles. The van der Waals surface area contributed by atoms with E-state index in [0.717, 1.165) is 0 Å². The van der Waals surface area contributed by atoms with Crippen LogP contribution < -0.4 is 0 Å². The van der Waals surface area contributed by atoms with E-state index in [1.807, 2.05) is 13.8 Å². The van der Waals surface area contributed by atoms with E-state index in [1.165, 1.54) is 29.2 Å². The number of aromatic nitrogens is 2. The number of hydrogen-bond donors (Lipinski definition) is 1. The fraction of sp³-hybridized carbons (Fsp3) is 0.583. The van der Waals surface area contributed by atoms with Crippen molar-refractivity contribution < 1.29 is 14.7 Å². The van der Waals surface area contributed by atoms with Crippen LogP contribution >= 0.6 is 11.8 Å². The minimum absolute atomic E-state index is 0.108. The van der Waals surface area contributed by atoms with Gasteiger partial charge in [0.2, 0.25) is 0 Å². The van der Waals surface area contributed by atoms with Gasteiger partial charge in [0, 0.05) is 12.8 Å². The average molecular weight is 283 g/mol. The highest BCUT2D eigenvalue weighted by atomic mass is 32.2. The molecule has 6 nitrogen and oxygen atoms in total. The first-order valence-corrected chi connectivity index (χ1v) is 7.11. The second-order valence-electron chi connectivity index (χ2n) is 4.92. The number of amides is 1. The number of carboxylic acids is 1. The maximum Gasteiger partial charge on any atom is 0.327 e. The number of carbonyl (C=O) groups excluding carboxylic acids is 1. The van der Waals surface area contributed by atoms with E-state index in [2.05, 4.69) is 4.98 Å². The predicted molar refractivity (Wildman–Crippen MR) is 71.9 cm³/mol. The van der Waals surface area contributed by atoms with Crippen molar-refractivity contribution in [1.82, 2.24) is 14.5 Å². The Morgan fingerprint density at radius 2 is 2.21 bits per heavy atom. The number of aliphatic carboxylic acids is 1. The molecule has 2 rings (SSSR count). The Bertz CT molecular complexity index is 500. The van der Waals surface area contributed by atoms with Gasteiger partial charge in [0.25, 0.3) is 5.91 Å². The molecule has 1 amide bonds. The van der Waals surface area contributed by atoms with Gasteiger partial charge in [-0.1, -0.05) is 13.8 Å². The first-order chi connectivity index (χ1) is 8.93. The maximum absolute atomic E-state index is 12.5. The van der Waals surface area contributed by atoms with Gasteiger partial charge in [-0.2, -0.15) is 0 Å². The number of hydrogen-bond acceptors (Lipinski definition) is 4. The summed E-state index contributed by atoms with van der Waals surface area (Å²) in [6.07, 6.45) is 3.01. The number of imidazole rings is 1. The van der Waals surface area contributed by atoms with E-state index < -0.39 is 12.0 Å². The number of nitrogens with zero attached hydrogens (tertiary/aromatic N) is 3. The molecule has 1 aromatic rings. The summed E-state index contributed by atoms with van der Waals surface area (Å²) in [4.78, 5) is 29.3. The Morgan fingerprint density at radius 3 is 2.68 bits per heavy atom. The molecule has 2 atom stereocenters. The smallest absolute Gasteiger partial charge is 0.327 e. The molecule has 1 aromatic heterocycles. The number of carbonyl (C=O) groups is 2. The first-order valence-electron chi connectivity index (χ1n) is 6.07. The van der Waals surface area contributed by atoms with Crippen molar-refractivity contribution in [3.8, 4) is 0 Å². The highest BCUT2D eigenvalue weighted by Crippen LogP contribution is 2.35. The van der Waals surface area contributed by atoms with E-state index in [4.69, 9.17) is 0 Å². The van der Waals surface area contributed by atoms with Crippen LogP contribution in [0, 0.1) is 5.92 Å². The van der Waals surface area contributed by atoms with Gasteiger partial charge in [-0.3, -0.25) is 4.79 Å². The number of aryl methyl sites for hydroxylation is 1. The lowest BCUT2D eigenvalue weighted by Crippen LogP contribution is -2.47. The quantitative estimate of drug-likeness (QED) is 0.897. The summed E-state index contributed by atoms with van der Waals surface area (Å²) < 4.78 is 1.61. The molecule has 0 radical (unpaired) electrons. The summed E-state index contributed by atoms with van der Waals surface area (Å²) in [5.74, 6) is -0.587. The summed E-state index contributed by atoms with van der Waals surface area (Å²) in [5, 5.41) is 9.16. The van der Waals surface area contributed by atoms with Crippen molar-refractivity contribution in [3.05, 3.63) is 18.2 Å². The molecule has 1 fully saturated rings. The zero-order valence-corrected chi connectivity index (χ0v) is 11.9. The molecule has 1 saturated heterocycles. The third kappa shape index (κ3) is 2.47. The van der Waals surface area contributed by atoms with Gasteiger partial charge in [-0.25, -0.2) is 9.78 Å². The van der Waals surface area contributed by atoms with Gasteiger partial charge < -0.3 is 14.6 Å². The predicted octanol–water partition coefficient (Wildman–Crippen LogP) is 1.04. The lowest BCUT2D eigenvalue weighted by atomic mass is 10.1. The number of carboxylic acid groups (broad SMARTS) is 1. The van der Waals surface area contributed by atoms with Crippen LogP contribution in [0.1, 0.15) is 24.3 Å². The molecule has 7 heteroatoms. The first kappa shape index (κ1) is 13.9. The monoisotopic (exact) mass is 283 g/mol. The van der Waals surface area contributed by atoms with Gasteiger partial charge in [-0.05, 0) is 5.92 Å². The van der Waals surface area contributed by atoms with Gasteiger partial charge in [0.1, 0.15) is 11.7 Å².